The molecule has 2 aromatic carbocycles. The smallest absolute Gasteiger partial charge is 0.0761 e. The number of likely N-dealkylation sites (N-methyl/N-ethyl adjacent to an activating group) is 1. The number of benzene rings is 2. The minimum Gasteiger partial charge on any atom is -0.304 e. The van der Waals surface area contributed by atoms with Crippen molar-refractivity contribution in [1.82, 2.24) is 9.80 Å². The first-order valence-corrected chi connectivity index (χ1v) is 9.93. The summed E-state index contributed by atoms with van der Waals surface area (Å²) >= 11 is 1.97. The van der Waals surface area contributed by atoms with Crippen LogP contribution in [-0.2, 0) is 0 Å². The second-order valence-electron chi connectivity index (χ2n) is 6.96. The van der Waals surface area contributed by atoms with Gasteiger partial charge >= 0.3 is 0 Å². The Morgan fingerprint density at radius 2 is 1.68 bits per heavy atom. The standard InChI is InChI=1S/C21H25N3S/c1-23-11-13-24(14-12-23)16-18-15-22-19-9-5-6-10-20(19)25-21(18)17-7-3-2-4-8-17/h2-10,15,18,21H,11-14,16H2,1H3/t18-,21+/m1/s1. The van der Waals surface area contributed by atoms with Gasteiger partial charge in [0.2, 0.25) is 0 Å². The first-order chi connectivity index (χ1) is 12.3. The molecule has 4 heteroatoms. The average Bonchev–Trinajstić information content (AvgIpc) is 2.84. The normalized spacial score (nSPS) is 24.7. The van der Waals surface area contributed by atoms with Crippen molar-refractivity contribution in [1.29, 1.82) is 0 Å². The van der Waals surface area contributed by atoms with Crippen LogP contribution in [0.2, 0.25) is 0 Å². The number of hydrogen-bond acceptors (Lipinski definition) is 4. The van der Waals surface area contributed by atoms with Crippen molar-refractivity contribution in [3.05, 3.63) is 60.2 Å². The Bertz CT molecular complexity index is 723. The third kappa shape index (κ3) is 3.97. The lowest BCUT2D eigenvalue weighted by Gasteiger charge is -2.35. The fourth-order valence-corrected chi connectivity index (χ4v) is 4.87. The van der Waals surface area contributed by atoms with E-state index in [1.165, 1.54) is 10.5 Å². The Kier molecular flexibility index (Phi) is 5.20. The zero-order chi connectivity index (χ0) is 17.1. The van der Waals surface area contributed by atoms with Gasteiger partial charge in [-0.1, -0.05) is 42.5 Å². The second kappa shape index (κ2) is 7.73. The first kappa shape index (κ1) is 16.8. The number of nitrogens with zero attached hydrogens (tertiary/aromatic N) is 3. The molecule has 0 aliphatic carbocycles. The summed E-state index contributed by atoms with van der Waals surface area (Å²) < 4.78 is 0. The molecule has 2 aliphatic heterocycles. The topological polar surface area (TPSA) is 18.8 Å². The monoisotopic (exact) mass is 351 g/mol. The van der Waals surface area contributed by atoms with Crippen molar-refractivity contribution in [3.8, 4) is 0 Å². The highest BCUT2D eigenvalue weighted by Crippen LogP contribution is 2.46. The Morgan fingerprint density at radius 3 is 2.48 bits per heavy atom. The van der Waals surface area contributed by atoms with E-state index in [0.717, 1.165) is 38.4 Å². The van der Waals surface area contributed by atoms with Crippen LogP contribution in [0, 0.1) is 5.92 Å². The molecule has 25 heavy (non-hydrogen) atoms. The predicted octanol–water partition coefficient (Wildman–Crippen LogP) is 4.10. The highest BCUT2D eigenvalue weighted by atomic mass is 32.2. The van der Waals surface area contributed by atoms with Crippen LogP contribution < -0.4 is 0 Å². The van der Waals surface area contributed by atoms with E-state index in [4.69, 9.17) is 4.99 Å². The largest absolute Gasteiger partial charge is 0.304 e. The fourth-order valence-electron chi connectivity index (χ4n) is 3.57. The summed E-state index contributed by atoms with van der Waals surface area (Å²) in [5.41, 5.74) is 2.50. The number of piperazine rings is 1. The van der Waals surface area contributed by atoms with Crippen LogP contribution in [0.15, 0.2) is 64.5 Å². The van der Waals surface area contributed by atoms with Gasteiger partial charge in [-0.3, -0.25) is 4.99 Å². The van der Waals surface area contributed by atoms with Crippen molar-refractivity contribution in [2.24, 2.45) is 10.9 Å². The van der Waals surface area contributed by atoms with E-state index in [2.05, 4.69) is 77.7 Å². The van der Waals surface area contributed by atoms with E-state index in [0.29, 0.717) is 11.2 Å². The van der Waals surface area contributed by atoms with Gasteiger partial charge < -0.3 is 9.80 Å². The van der Waals surface area contributed by atoms with Gasteiger partial charge in [0, 0.05) is 55.0 Å². The van der Waals surface area contributed by atoms with Gasteiger partial charge in [0.1, 0.15) is 0 Å². The van der Waals surface area contributed by atoms with E-state index in [1.807, 2.05) is 11.8 Å². The van der Waals surface area contributed by atoms with Crippen molar-refractivity contribution in [3.63, 3.8) is 0 Å². The lowest BCUT2D eigenvalue weighted by molar-refractivity contribution is 0.146. The third-order valence-electron chi connectivity index (χ3n) is 5.11. The fraction of sp³-hybridized carbons (Fsp3) is 0.381. The lowest BCUT2D eigenvalue weighted by atomic mass is 9.98. The molecule has 2 atom stereocenters. The number of thioether (sulfide) groups is 1. The summed E-state index contributed by atoms with van der Waals surface area (Å²) in [6, 6.07) is 19.4. The van der Waals surface area contributed by atoms with Crippen LogP contribution >= 0.6 is 11.8 Å². The maximum Gasteiger partial charge on any atom is 0.0761 e. The van der Waals surface area contributed by atoms with Gasteiger partial charge in [-0.05, 0) is 24.7 Å². The minimum atomic E-state index is 0.410. The zero-order valence-corrected chi connectivity index (χ0v) is 15.5. The molecule has 2 heterocycles. The molecule has 0 amide bonds. The van der Waals surface area contributed by atoms with E-state index in [1.54, 1.807) is 0 Å². The maximum absolute atomic E-state index is 4.84. The molecule has 2 aliphatic rings. The SMILES string of the molecule is CN1CCN(C[C@H]2C=Nc3ccccc3S[C@H]2c2ccccc2)CC1. The Balaban J connectivity index is 1.60. The summed E-state index contributed by atoms with van der Waals surface area (Å²) in [6.45, 7) is 5.71. The molecule has 0 unspecified atom stereocenters. The van der Waals surface area contributed by atoms with Gasteiger partial charge in [0.05, 0.1) is 5.69 Å². The molecule has 0 spiro atoms. The molecule has 1 saturated heterocycles. The summed E-state index contributed by atoms with van der Waals surface area (Å²) in [6.07, 6.45) is 2.20. The molecular weight excluding hydrogens is 326 g/mol. The van der Waals surface area contributed by atoms with Crippen molar-refractivity contribution >= 4 is 23.7 Å². The highest BCUT2D eigenvalue weighted by Gasteiger charge is 2.28. The quantitative estimate of drug-likeness (QED) is 0.830. The Labute approximate surface area is 154 Å². The molecule has 4 rings (SSSR count). The van der Waals surface area contributed by atoms with Gasteiger partial charge in [0.25, 0.3) is 0 Å². The highest BCUT2D eigenvalue weighted by molar-refractivity contribution is 7.99. The Morgan fingerprint density at radius 1 is 0.960 bits per heavy atom. The van der Waals surface area contributed by atoms with Crippen molar-refractivity contribution in [2.75, 3.05) is 39.8 Å². The van der Waals surface area contributed by atoms with Crippen molar-refractivity contribution < 1.29 is 0 Å². The van der Waals surface area contributed by atoms with Gasteiger partial charge in [-0.25, -0.2) is 0 Å². The van der Waals surface area contributed by atoms with E-state index in [9.17, 15) is 0 Å². The first-order valence-electron chi connectivity index (χ1n) is 9.05. The molecule has 1 fully saturated rings. The molecule has 0 saturated carbocycles. The Hall–Kier alpha value is -1.62. The van der Waals surface area contributed by atoms with E-state index in [-0.39, 0.29) is 0 Å². The van der Waals surface area contributed by atoms with Gasteiger partial charge in [-0.15, -0.1) is 11.8 Å². The number of fused-ring (bicyclic) bond motifs is 1. The number of aliphatic imine (C=N–C) groups is 1. The summed E-state index contributed by atoms with van der Waals surface area (Å²) in [5, 5.41) is 0.410. The second-order valence-corrected chi connectivity index (χ2v) is 8.15. The number of hydrogen-bond donors (Lipinski definition) is 0. The van der Waals surface area contributed by atoms with Gasteiger partial charge in [-0.2, -0.15) is 0 Å². The average molecular weight is 352 g/mol. The van der Waals surface area contributed by atoms with Crippen molar-refractivity contribution in [2.45, 2.75) is 10.1 Å². The minimum absolute atomic E-state index is 0.410. The number of rotatable bonds is 3. The summed E-state index contributed by atoms with van der Waals surface area (Å²) in [5.74, 6) is 0.420. The molecule has 0 radical (unpaired) electrons. The molecular formula is C21H25N3S. The molecule has 0 aromatic heterocycles. The van der Waals surface area contributed by atoms with Crippen LogP contribution in [0.1, 0.15) is 10.8 Å². The maximum atomic E-state index is 4.84. The lowest BCUT2D eigenvalue weighted by Crippen LogP contribution is -2.46. The molecule has 2 aromatic rings. The third-order valence-corrected chi connectivity index (χ3v) is 6.58. The molecule has 0 N–H and O–H groups in total. The van der Waals surface area contributed by atoms with E-state index < -0.39 is 0 Å². The molecule has 0 bridgehead atoms. The van der Waals surface area contributed by atoms with Crippen LogP contribution in [-0.4, -0.2) is 55.8 Å². The zero-order valence-electron chi connectivity index (χ0n) is 14.7. The predicted molar refractivity (Wildman–Crippen MR) is 107 cm³/mol. The van der Waals surface area contributed by atoms with Crippen LogP contribution in [0.5, 0.6) is 0 Å². The van der Waals surface area contributed by atoms with E-state index >= 15 is 0 Å². The summed E-state index contributed by atoms with van der Waals surface area (Å²) in [7, 11) is 2.21. The van der Waals surface area contributed by atoms with Crippen LogP contribution in [0.4, 0.5) is 5.69 Å². The van der Waals surface area contributed by atoms with Crippen LogP contribution in [0.25, 0.3) is 0 Å². The molecule has 130 valence electrons. The van der Waals surface area contributed by atoms with Crippen LogP contribution in [0.3, 0.4) is 0 Å². The summed E-state index contributed by atoms with van der Waals surface area (Å²) in [4.78, 5) is 11.1. The van der Waals surface area contributed by atoms with Gasteiger partial charge in [0.15, 0.2) is 0 Å². The number of para-hydroxylation sites is 1. The molecule has 3 nitrogen and oxygen atoms in total.